The third-order valence-electron chi connectivity index (χ3n) is 7.49. The molecule has 12 heteroatoms. The van der Waals surface area contributed by atoms with Gasteiger partial charge in [0, 0.05) is 33.4 Å². The van der Waals surface area contributed by atoms with Crippen LogP contribution < -0.4 is 14.4 Å². The summed E-state index contributed by atoms with van der Waals surface area (Å²) in [5.74, 6) is -0.723. The molecule has 260 valence electrons. The van der Waals surface area contributed by atoms with Crippen LogP contribution in [0.25, 0.3) is 0 Å². The average molecular weight is 743 g/mol. The summed E-state index contributed by atoms with van der Waals surface area (Å²) in [5.41, 5.74) is 0.928. The molecule has 0 radical (unpaired) electrons. The van der Waals surface area contributed by atoms with Crippen molar-refractivity contribution in [2.24, 2.45) is 0 Å². The predicted molar refractivity (Wildman–Crippen MR) is 199 cm³/mol. The molecule has 4 aromatic rings. The highest BCUT2D eigenvalue weighted by molar-refractivity contribution is 7.98. The van der Waals surface area contributed by atoms with Gasteiger partial charge in [-0.05, 0) is 93.6 Å². The molecule has 4 rings (SSSR count). The Balaban J connectivity index is 1.87. The van der Waals surface area contributed by atoms with Gasteiger partial charge in [0.1, 0.15) is 18.3 Å². The number of para-hydroxylation sites is 2. The van der Waals surface area contributed by atoms with Crippen molar-refractivity contribution in [2.45, 2.75) is 62.0 Å². The monoisotopic (exact) mass is 741 g/mol. The summed E-state index contributed by atoms with van der Waals surface area (Å²) in [4.78, 5) is 31.2. The van der Waals surface area contributed by atoms with E-state index in [-0.39, 0.29) is 30.2 Å². The average Bonchev–Trinajstić information content (AvgIpc) is 3.06. The van der Waals surface area contributed by atoms with Gasteiger partial charge in [-0.1, -0.05) is 71.7 Å². The lowest BCUT2D eigenvalue weighted by Crippen LogP contribution is -2.56. The van der Waals surface area contributed by atoms with Crippen LogP contribution in [0, 0.1) is 0 Å². The molecular formula is C37H41Cl2N3O5S2. The number of ether oxygens (including phenoxy) is 1. The first-order valence-corrected chi connectivity index (χ1v) is 19.1. The van der Waals surface area contributed by atoms with Gasteiger partial charge in [-0.15, -0.1) is 11.8 Å². The standard InChI is InChI=1S/C37H41Cl2N3O5S2/c1-6-47-34-15-11-10-14-32(34)42(49(45,46)30-20-18-29(48-5)19-21-30)25-35(43)41(24-27-16-17-28(38)23-31(27)39)33(36(44)40-37(2,3)4)22-26-12-8-7-9-13-26/h7-21,23,33H,6,22,24-25H2,1-5H3,(H,40,44). The molecule has 0 aliphatic rings. The molecule has 0 aliphatic carbocycles. The van der Waals surface area contributed by atoms with Crippen molar-refractivity contribution in [3.63, 3.8) is 0 Å². The van der Waals surface area contributed by atoms with Gasteiger partial charge in [0.15, 0.2) is 0 Å². The van der Waals surface area contributed by atoms with Crippen LogP contribution in [0.1, 0.15) is 38.8 Å². The minimum absolute atomic E-state index is 0.00279. The van der Waals surface area contributed by atoms with Crippen LogP contribution in [0.3, 0.4) is 0 Å². The summed E-state index contributed by atoms with van der Waals surface area (Å²) in [7, 11) is -4.32. The summed E-state index contributed by atoms with van der Waals surface area (Å²) in [6, 6.07) is 26.4. The van der Waals surface area contributed by atoms with Crippen molar-refractivity contribution >= 4 is 62.5 Å². The number of carbonyl (C=O) groups is 2. The van der Waals surface area contributed by atoms with Crippen molar-refractivity contribution in [1.82, 2.24) is 10.2 Å². The van der Waals surface area contributed by atoms with Crippen LogP contribution in [-0.4, -0.2) is 56.1 Å². The van der Waals surface area contributed by atoms with E-state index in [1.807, 2.05) is 57.4 Å². The van der Waals surface area contributed by atoms with E-state index in [0.717, 1.165) is 14.8 Å². The highest BCUT2D eigenvalue weighted by atomic mass is 35.5. The van der Waals surface area contributed by atoms with E-state index in [1.165, 1.54) is 28.8 Å². The van der Waals surface area contributed by atoms with Crippen molar-refractivity contribution in [1.29, 1.82) is 0 Å². The number of thioether (sulfide) groups is 1. The van der Waals surface area contributed by atoms with Gasteiger partial charge in [-0.25, -0.2) is 8.42 Å². The second kappa shape index (κ2) is 16.8. The SMILES string of the molecule is CCOc1ccccc1N(CC(=O)N(Cc1ccc(Cl)cc1Cl)C(Cc1ccccc1)C(=O)NC(C)(C)C)S(=O)(=O)c1ccc(SC)cc1. The summed E-state index contributed by atoms with van der Waals surface area (Å²) in [6.07, 6.45) is 2.06. The topological polar surface area (TPSA) is 96.0 Å². The second-order valence-electron chi connectivity index (χ2n) is 12.3. The number of nitrogens with one attached hydrogen (secondary N) is 1. The number of benzene rings is 4. The molecule has 1 atom stereocenters. The van der Waals surface area contributed by atoms with Crippen molar-refractivity contribution < 1.29 is 22.7 Å². The van der Waals surface area contributed by atoms with E-state index in [2.05, 4.69) is 5.32 Å². The molecule has 0 spiro atoms. The summed E-state index contributed by atoms with van der Waals surface area (Å²) in [6.45, 7) is 6.91. The number of anilines is 1. The zero-order valence-corrected chi connectivity index (χ0v) is 31.3. The van der Waals surface area contributed by atoms with Crippen LogP contribution in [0.5, 0.6) is 5.75 Å². The Morgan fingerprint density at radius 3 is 2.18 bits per heavy atom. The third-order valence-corrected chi connectivity index (χ3v) is 10.6. The Kier molecular flexibility index (Phi) is 13.1. The molecular weight excluding hydrogens is 701 g/mol. The van der Waals surface area contributed by atoms with E-state index < -0.39 is 40.0 Å². The first kappa shape index (κ1) is 38.1. The molecule has 0 saturated heterocycles. The number of hydrogen-bond donors (Lipinski definition) is 1. The molecule has 1 N–H and O–H groups in total. The fourth-order valence-corrected chi connectivity index (χ4v) is 7.47. The molecule has 4 aromatic carbocycles. The Morgan fingerprint density at radius 2 is 1.57 bits per heavy atom. The lowest BCUT2D eigenvalue weighted by Gasteiger charge is -2.35. The van der Waals surface area contributed by atoms with E-state index in [9.17, 15) is 18.0 Å². The van der Waals surface area contributed by atoms with E-state index >= 15 is 0 Å². The zero-order chi connectivity index (χ0) is 35.8. The summed E-state index contributed by atoms with van der Waals surface area (Å²) < 4.78 is 35.8. The van der Waals surface area contributed by atoms with Crippen LogP contribution in [-0.2, 0) is 32.6 Å². The number of carbonyl (C=O) groups excluding carboxylic acids is 2. The predicted octanol–water partition coefficient (Wildman–Crippen LogP) is 7.86. The molecule has 0 saturated carbocycles. The second-order valence-corrected chi connectivity index (χ2v) is 15.9. The normalized spacial score (nSPS) is 12.2. The number of rotatable bonds is 14. The number of sulfonamides is 1. The van der Waals surface area contributed by atoms with Crippen molar-refractivity contribution in [2.75, 3.05) is 23.7 Å². The maximum absolute atomic E-state index is 14.8. The minimum Gasteiger partial charge on any atom is -0.492 e. The van der Waals surface area contributed by atoms with Crippen LogP contribution in [0.2, 0.25) is 10.0 Å². The number of amides is 2. The Morgan fingerprint density at radius 1 is 0.918 bits per heavy atom. The van der Waals surface area contributed by atoms with Gasteiger partial charge in [-0.2, -0.15) is 0 Å². The number of hydrogen-bond acceptors (Lipinski definition) is 6. The molecule has 0 aromatic heterocycles. The van der Waals surface area contributed by atoms with E-state index in [0.29, 0.717) is 21.4 Å². The Labute approximate surface area is 303 Å². The first-order valence-electron chi connectivity index (χ1n) is 15.7. The van der Waals surface area contributed by atoms with Crippen molar-refractivity contribution in [3.05, 3.63) is 118 Å². The first-order chi connectivity index (χ1) is 23.2. The van der Waals surface area contributed by atoms with Crippen LogP contribution in [0.15, 0.2) is 107 Å². The largest absolute Gasteiger partial charge is 0.492 e. The minimum atomic E-state index is -4.32. The number of nitrogens with zero attached hydrogens (tertiary/aromatic N) is 2. The van der Waals surface area contributed by atoms with Crippen molar-refractivity contribution in [3.8, 4) is 5.75 Å². The fraction of sp³-hybridized carbons (Fsp3) is 0.297. The molecule has 8 nitrogen and oxygen atoms in total. The fourth-order valence-electron chi connectivity index (χ4n) is 5.17. The zero-order valence-electron chi connectivity index (χ0n) is 28.2. The van der Waals surface area contributed by atoms with Gasteiger partial charge >= 0.3 is 0 Å². The van der Waals surface area contributed by atoms with E-state index in [1.54, 1.807) is 61.5 Å². The van der Waals surface area contributed by atoms with Gasteiger partial charge in [0.2, 0.25) is 11.8 Å². The van der Waals surface area contributed by atoms with E-state index in [4.69, 9.17) is 27.9 Å². The molecule has 1 unspecified atom stereocenters. The molecule has 0 fully saturated rings. The summed E-state index contributed by atoms with van der Waals surface area (Å²) in [5, 5.41) is 3.74. The lowest BCUT2D eigenvalue weighted by molar-refractivity contribution is -0.140. The van der Waals surface area contributed by atoms with Gasteiger partial charge in [0.25, 0.3) is 10.0 Å². The third kappa shape index (κ3) is 10.2. The van der Waals surface area contributed by atoms with Crippen LogP contribution >= 0.6 is 35.0 Å². The van der Waals surface area contributed by atoms with Crippen LogP contribution in [0.4, 0.5) is 5.69 Å². The highest BCUT2D eigenvalue weighted by Gasteiger charge is 2.36. The molecule has 0 bridgehead atoms. The van der Waals surface area contributed by atoms with Gasteiger partial charge < -0.3 is 15.0 Å². The number of halogens is 2. The Bertz CT molecular complexity index is 1850. The molecule has 0 heterocycles. The smallest absolute Gasteiger partial charge is 0.264 e. The molecule has 2 amide bonds. The molecule has 0 aliphatic heterocycles. The van der Waals surface area contributed by atoms with Gasteiger partial charge in [-0.3, -0.25) is 13.9 Å². The Hall–Kier alpha value is -3.70. The highest BCUT2D eigenvalue weighted by Crippen LogP contribution is 2.34. The maximum Gasteiger partial charge on any atom is 0.264 e. The van der Waals surface area contributed by atoms with Gasteiger partial charge in [0.05, 0.1) is 17.2 Å². The quantitative estimate of drug-likeness (QED) is 0.132. The maximum atomic E-state index is 14.8. The molecule has 49 heavy (non-hydrogen) atoms. The summed E-state index contributed by atoms with van der Waals surface area (Å²) >= 11 is 14.3. The lowest BCUT2D eigenvalue weighted by atomic mass is 10.0.